The first kappa shape index (κ1) is 8.69. The molecule has 3 heteroatoms. The third-order valence-electron chi connectivity index (χ3n) is 2.08. The van der Waals surface area contributed by atoms with Gasteiger partial charge in [0, 0.05) is 5.56 Å². The van der Waals surface area contributed by atoms with Gasteiger partial charge in [-0.2, -0.15) is 4.91 Å². The maximum atomic E-state index is 10.2. The van der Waals surface area contributed by atoms with Gasteiger partial charge in [-0.15, -0.1) is 0 Å². The van der Waals surface area contributed by atoms with Crippen molar-refractivity contribution in [2.45, 2.75) is 6.54 Å². The number of hydrogen-bond donors (Lipinski definition) is 0. The van der Waals surface area contributed by atoms with Crippen molar-refractivity contribution in [1.82, 2.24) is 0 Å². The summed E-state index contributed by atoms with van der Waals surface area (Å²) < 4.78 is 4.99. The Morgan fingerprint density at radius 2 is 2.07 bits per heavy atom. The highest BCUT2D eigenvalue weighted by Gasteiger charge is 2.04. The summed E-state index contributed by atoms with van der Waals surface area (Å²) in [6, 6.07) is 9.53. The highest BCUT2D eigenvalue weighted by atomic mass is 16.3. The molecule has 0 unspecified atom stereocenters. The van der Waals surface area contributed by atoms with Crippen molar-refractivity contribution >= 4 is 0 Å². The lowest BCUT2D eigenvalue weighted by atomic mass is 10.0. The molecule has 0 atom stereocenters. The summed E-state index contributed by atoms with van der Waals surface area (Å²) in [4.78, 5) is 10.2. The van der Waals surface area contributed by atoms with E-state index in [-0.39, 0.29) is 6.54 Å². The van der Waals surface area contributed by atoms with Crippen molar-refractivity contribution in [3.05, 3.63) is 53.3 Å². The molecule has 2 rings (SSSR count). The van der Waals surface area contributed by atoms with E-state index < -0.39 is 0 Å². The molecular formula is C11H9NO2. The van der Waals surface area contributed by atoms with Crippen LogP contribution in [0.1, 0.15) is 5.56 Å². The number of rotatable bonds is 3. The molecule has 1 aromatic carbocycles. The van der Waals surface area contributed by atoms with Crippen LogP contribution in [-0.2, 0) is 6.54 Å². The monoisotopic (exact) mass is 187 g/mol. The zero-order valence-electron chi connectivity index (χ0n) is 7.51. The van der Waals surface area contributed by atoms with E-state index in [1.165, 1.54) is 0 Å². The highest BCUT2D eigenvalue weighted by Crippen LogP contribution is 2.24. The fourth-order valence-electron chi connectivity index (χ4n) is 1.43. The molecule has 2 aromatic rings. The second-order valence-electron chi connectivity index (χ2n) is 2.96. The van der Waals surface area contributed by atoms with Gasteiger partial charge in [-0.25, -0.2) is 0 Å². The summed E-state index contributed by atoms with van der Waals surface area (Å²) >= 11 is 0. The molecule has 0 saturated heterocycles. The minimum Gasteiger partial charge on any atom is -0.472 e. The summed E-state index contributed by atoms with van der Waals surface area (Å²) in [5.41, 5.74) is 2.90. The summed E-state index contributed by atoms with van der Waals surface area (Å²) in [6.07, 6.45) is 3.27. The van der Waals surface area contributed by atoms with Gasteiger partial charge in [0.2, 0.25) is 0 Å². The van der Waals surface area contributed by atoms with E-state index in [0.717, 1.165) is 16.7 Å². The summed E-state index contributed by atoms with van der Waals surface area (Å²) in [5.74, 6) is 0. The Morgan fingerprint density at radius 1 is 1.21 bits per heavy atom. The van der Waals surface area contributed by atoms with E-state index in [1.54, 1.807) is 12.5 Å². The fourth-order valence-corrected chi connectivity index (χ4v) is 1.43. The molecule has 0 radical (unpaired) electrons. The molecule has 0 aliphatic carbocycles. The van der Waals surface area contributed by atoms with Crippen LogP contribution in [0.5, 0.6) is 0 Å². The van der Waals surface area contributed by atoms with Gasteiger partial charge in [-0.1, -0.05) is 29.4 Å². The molecule has 0 N–H and O–H groups in total. The summed E-state index contributed by atoms with van der Waals surface area (Å²) in [6.45, 7) is 0.196. The Kier molecular flexibility index (Phi) is 2.40. The molecule has 3 nitrogen and oxygen atoms in total. The van der Waals surface area contributed by atoms with Crippen LogP contribution in [0, 0.1) is 4.91 Å². The Balaban J connectivity index is 2.46. The number of benzene rings is 1. The minimum atomic E-state index is 0.196. The molecule has 0 spiro atoms. The van der Waals surface area contributed by atoms with Crippen LogP contribution in [0.15, 0.2) is 52.5 Å². The average Bonchev–Trinajstić information content (AvgIpc) is 2.72. The standard InChI is InChI=1S/C11H9NO2/c13-12-7-9-3-1-2-4-11(9)10-5-6-14-8-10/h1-6,8H,7H2. The van der Waals surface area contributed by atoms with Crippen LogP contribution in [-0.4, -0.2) is 0 Å². The van der Waals surface area contributed by atoms with Crippen molar-refractivity contribution < 1.29 is 4.42 Å². The van der Waals surface area contributed by atoms with Crippen LogP contribution in [0.4, 0.5) is 0 Å². The van der Waals surface area contributed by atoms with Crippen molar-refractivity contribution in [3.8, 4) is 11.1 Å². The second kappa shape index (κ2) is 3.87. The zero-order chi connectivity index (χ0) is 9.80. The van der Waals surface area contributed by atoms with Gasteiger partial charge in [0.15, 0.2) is 0 Å². The fraction of sp³-hybridized carbons (Fsp3) is 0.0909. The molecular weight excluding hydrogens is 178 g/mol. The number of nitroso groups, excluding NO2 is 1. The lowest BCUT2D eigenvalue weighted by Gasteiger charge is -2.02. The van der Waals surface area contributed by atoms with Gasteiger partial charge in [0.1, 0.15) is 6.54 Å². The van der Waals surface area contributed by atoms with E-state index in [4.69, 9.17) is 4.42 Å². The van der Waals surface area contributed by atoms with Gasteiger partial charge >= 0.3 is 0 Å². The van der Waals surface area contributed by atoms with Crippen LogP contribution in [0.2, 0.25) is 0 Å². The number of nitrogens with zero attached hydrogens (tertiary/aromatic N) is 1. The molecule has 0 aliphatic heterocycles. The maximum Gasteiger partial charge on any atom is 0.107 e. The third kappa shape index (κ3) is 1.57. The number of furan rings is 1. The van der Waals surface area contributed by atoms with E-state index in [1.807, 2.05) is 30.3 Å². The van der Waals surface area contributed by atoms with Crippen LogP contribution in [0.25, 0.3) is 11.1 Å². The molecule has 1 heterocycles. The van der Waals surface area contributed by atoms with E-state index in [2.05, 4.69) is 5.18 Å². The smallest absolute Gasteiger partial charge is 0.107 e. The molecule has 1 aromatic heterocycles. The Hall–Kier alpha value is -1.90. The molecule has 0 saturated carbocycles. The molecule has 0 amide bonds. The lowest BCUT2D eigenvalue weighted by molar-refractivity contribution is 0.568. The molecule has 70 valence electrons. The van der Waals surface area contributed by atoms with Crippen molar-refractivity contribution in [2.75, 3.05) is 0 Å². The van der Waals surface area contributed by atoms with E-state index in [0.29, 0.717) is 0 Å². The topological polar surface area (TPSA) is 42.6 Å². The minimum absolute atomic E-state index is 0.196. The zero-order valence-corrected chi connectivity index (χ0v) is 7.51. The maximum absolute atomic E-state index is 10.2. The second-order valence-corrected chi connectivity index (χ2v) is 2.96. The van der Waals surface area contributed by atoms with E-state index >= 15 is 0 Å². The van der Waals surface area contributed by atoms with Gasteiger partial charge in [0.05, 0.1) is 12.5 Å². The normalized spacial score (nSPS) is 10.0. The Morgan fingerprint density at radius 3 is 2.79 bits per heavy atom. The van der Waals surface area contributed by atoms with Crippen molar-refractivity contribution in [2.24, 2.45) is 5.18 Å². The average molecular weight is 187 g/mol. The largest absolute Gasteiger partial charge is 0.472 e. The van der Waals surface area contributed by atoms with E-state index in [9.17, 15) is 4.91 Å². The van der Waals surface area contributed by atoms with Gasteiger partial charge in [0.25, 0.3) is 0 Å². The quantitative estimate of drug-likeness (QED) is 0.692. The third-order valence-corrected chi connectivity index (χ3v) is 2.08. The lowest BCUT2D eigenvalue weighted by Crippen LogP contribution is -1.85. The van der Waals surface area contributed by atoms with Crippen LogP contribution in [0.3, 0.4) is 0 Å². The SMILES string of the molecule is O=NCc1ccccc1-c1ccoc1. The van der Waals surface area contributed by atoms with Crippen molar-refractivity contribution in [3.63, 3.8) is 0 Å². The molecule has 0 bridgehead atoms. The first-order chi connectivity index (χ1) is 6.92. The molecule has 14 heavy (non-hydrogen) atoms. The number of hydrogen-bond acceptors (Lipinski definition) is 3. The van der Waals surface area contributed by atoms with Gasteiger partial charge < -0.3 is 4.42 Å². The Bertz CT molecular complexity index is 421. The molecule has 0 aliphatic rings. The highest BCUT2D eigenvalue weighted by molar-refractivity contribution is 5.66. The van der Waals surface area contributed by atoms with Crippen molar-refractivity contribution in [1.29, 1.82) is 0 Å². The van der Waals surface area contributed by atoms with Crippen LogP contribution < -0.4 is 0 Å². The summed E-state index contributed by atoms with van der Waals surface area (Å²) in [5, 5.41) is 2.90. The van der Waals surface area contributed by atoms with Gasteiger partial charge in [-0.3, -0.25) is 0 Å². The molecule has 0 fully saturated rings. The van der Waals surface area contributed by atoms with Crippen LogP contribution >= 0.6 is 0 Å². The summed E-state index contributed by atoms with van der Waals surface area (Å²) in [7, 11) is 0. The predicted octanol–water partition coefficient (Wildman–Crippen LogP) is 3.21. The first-order valence-electron chi connectivity index (χ1n) is 4.31. The van der Waals surface area contributed by atoms with Gasteiger partial charge in [-0.05, 0) is 17.2 Å². The first-order valence-corrected chi connectivity index (χ1v) is 4.31. The predicted molar refractivity (Wildman–Crippen MR) is 53.6 cm³/mol. The Labute approximate surface area is 81.3 Å².